The molecule has 4 heteroatoms. The van der Waals surface area contributed by atoms with Crippen molar-refractivity contribution in [1.82, 2.24) is 0 Å². The number of hydrogen-bond acceptors (Lipinski definition) is 3. The fourth-order valence-corrected chi connectivity index (χ4v) is 2.05. The Morgan fingerprint density at radius 3 is 2.55 bits per heavy atom. The summed E-state index contributed by atoms with van der Waals surface area (Å²) < 4.78 is 6.73. The van der Waals surface area contributed by atoms with E-state index in [0.29, 0.717) is 6.61 Å². The Hall–Kier alpha value is -1.68. The Morgan fingerprint density at radius 2 is 1.85 bits per heavy atom. The van der Waals surface area contributed by atoms with Crippen LogP contribution in [0.15, 0.2) is 53.0 Å². The molecule has 0 saturated heterocycles. The van der Waals surface area contributed by atoms with Crippen molar-refractivity contribution in [1.29, 1.82) is 0 Å². The molecule has 0 aromatic heterocycles. The van der Waals surface area contributed by atoms with Crippen molar-refractivity contribution >= 4 is 27.3 Å². The molecule has 0 unspecified atom stereocenters. The molecule has 0 amide bonds. The van der Waals surface area contributed by atoms with Crippen LogP contribution < -0.4 is 15.0 Å². The molecular weight excluding hydrogens is 316 g/mol. The summed E-state index contributed by atoms with van der Waals surface area (Å²) >= 11 is 3.40. The van der Waals surface area contributed by atoms with E-state index in [0.717, 1.165) is 22.5 Å². The predicted molar refractivity (Wildman–Crippen MR) is 88.9 cm³/mol. The highest BCUT2D eigenvalue weighted by molar-refractivity contribution is 9.10. The lowest BCUT2D eigenvalue weighted by molar-refractivity contribution is 0.333. The van der Waals surface area contributed by atoms with E-state index in [2.05, 4.69) is 44.3 Å². The standard InChI is InChI=1S/C16H19BrN2O/c1-19(2)15-5-3-4-14(12-15)18-10-11-20-16-8-6-13(17)7-9-16/h3-9,12,18H,10-11H2,1-2H3. The van der Waals surface area contributed by atoms with Gasteiger partial charge in [-0.3, -0.25) is 0 Å². The highest BCUT2D eigenvalue weighted by Crippen LogP contribution is 2.18. The predicted octanol–water partition coefficient (Wildman–Crippen LogP) is 4.01. The van der Waals surface area contributed by atoms with Crippen LogP contribution in [0.1, 0.15) is 0 Å². The molecule has 1 N–H and O–H groups in total. The normalized spacial score (nSPS) is 10.2. The largest absolute Gasteiger partial charge is 0.492 e. The van der Waals surface area contributed by atoms with E-state index in [-0.39, 0.29) is 0 Å². The maximum Gasteiger partial charge on any atom is 0.119 e. The van der Waals surface area contributed by atoms with Crippen LogP contribution in [0.3, 0.4) is 0 Å². The number of ether oxygens (including phenoxy) is 1. The second kappa shape index (κ2) is 7.20. The van der Waals surface area contributed by atoms with Crippen LogP contribution >= 0.6 is 15.9 Å². The number of nitrogens with one attached hydrogen (secondary N) is 1. The highest BCUT2D eigenvalue weighted by atomic mass is 79.9. The van der Waals surface area contributed by atoms with E-state index in [9.17, 15) is 0 Å². The van der Waals surface area contributed by atoms with Crippen LogP contribution in [-0.2, 0) is 0 Å². The van der Waals surface area contributed by atoms with Gasteiger partial charge in [0.15, 0.2) is 0 Å². The van der Waals surface area contributed by atoms with E-state index >= 15 is 0 Å². The first-order valence-corrected chi connectivity index (χ1v) is 7.34. The Labute approximate surface area is 128 Å². The van der Waals surface area contributed by atoms with Crippen molar-refractivity contribution in [3.05, 3.63) is 53.0 Å². The quantitative estimate of drug-likeness (QED) is 0.808. The van der Waals surface area contributed by atoms with Gasteiger partial charge < -0.3 is 15.0 Å². The number of halogens is 1. The average molecular weight is 335 g/mol. The van der Waals surface area contributed by atoms with Gasteiger partial charge in [0.05, 0.1) is 0 Å². The monoisotopic (exact) mass is 334 g/mol. The topological polar surface area (TPSA) is 24.5 Å². The van der Waals surface area contributed by atoms with Gasteiger partial charge in [-0.05, 0) is 42.5 Å². The highest BCUT2D eigenvalue weighted by Gasteiger charge is 1.98. The molecule has 0 bridgehead atoms. The molecule has 20 heavy (non-hydrogen) atoms. The van der Waals surface area contributed by atoms with Gasteiger partial charge in [-0.25, -0.2) is 0 Å². The van der Waals surface area contributed by atoms with Crippen molar-refractivity contribution in [2.24, 2.45) is 0 Å². The molecule has 2 rings (SSSR count). The third-order valence-electron chi connectivity index (χ3n) is 2.88. The SMILES string of the molecule is CN(C)c1cccc(NCCOc2ccc(Br)cc2)c1. The zero-order valence-corrected chi connectivity index (χ0v) is 13.4. The summed E-state index contributed by atoms with van der Waals surface area (Å²) in [5, 5.41) is 3.36. The first-order valence-electron chi connectivity index (χ1n) is 6.55. The van der Waals surface area contributed by atoms with Crippen molar-refractivity contribution in [2.75, 3.05) is 37.5 Å². The molecule has 0 fully saturated rings. The number of hydrogen-bond donors (Lipinski definition) is 1. The van der Waals surface area contributed by atoms with Crippen LogP contribution in [0, 0.1) is 0 Å². The lowest BCUT2D eigenvalue weighted by Crippen LogP contribution is -2.12. The van der Waals surface area contributed by atoms with Crippen LogP contribution in [0.25, 0.3) is 0 Å². The second-order valence-corrected chi connectivity index (χ2v) is 5.59. The smallest absolute Gasteiger partial charge is 0.119 e. The minimum Gasteiger partial charge on any atom is -0.492 e. The third kappa shape index (κ3) is 4.46. The fourth-order valence-electron chi connectivity index (χ4n) is 1.79. The van der Waals surface area contributed by atoms with Gasteiger partial charge in [0.2, 0.25) is 0 Å². The van der Waals surface area contributed by atoms with E-state index < -0.39 is 0 Å². The van der Waals surface area contributed by atoms with Gasteiger partial charge in [-0.15, -0.1) is 0 Å². The molecule has 0 saturated carbocycles. The van der Waals surface area contributed by atoms with Gasteiger partial charge in [-0.1, -0.05) is 22.0 Å². The number of rotatable bonds is 6. The number of anilines is 2. The molecule has 0 aliphatic heterocycles. The minimum absolute atomic E-state index is 0.633. The van der Waals surface area contributed by atoms with Crippen LogP contribution in [0.4, 0.5) is 11.4 Å². The lowest BCUT2D eigenvalue weighted by Gasteiger charge is -2.14. The molecule has 0 spiro atoms. The Bertz CT molecular complexity index is 540. The number of benzene rings is 2. The molecule has 2 aromatic carbocycles. The molecular formula is C16H19BrN2O. The maximum atomic E-state index is 5.67. The molecule has 106 valence electrons. The second-order valence-electron chi connectivity index (χ2n) is 4.67. The van der Waals surface area contributed by atoms with Crippen molar-refractivity contribution in [2.45, 2.75) is 0 Å². The number of nitrogens with zero attached hydrogens (tertiary/aromatic N) is 1. The molecule has 2 aromatic rings. The zero-order chi connectivity index (χ0) is 14.4. The van der Waals surface area contributed by atoms with Gasteiger partial charge in [-0.2, -0.15) is 0 Å². The van der Waals surface area contributed by atoms with Crippen molar-refractivity contribution in [3.63, 3.8) is 0 Å². The van der Waals surface area contributed by atoms with Crippen LogP contribution in [-0.4, -0.2) is 27.2 Å². The molecule has 0 aliphatic carbocycles. The van der Waals surface area contributed by atoms with E-state index in [1.807, 2.05) is 44.4 Å². The summed E-state index contributed by atoms with van der Waals surface area (Å²) in [5.74, 6) is 0.886. The first kappa shape index (κ1) is 14.7. The van der Waals surface area contributed by atoms with E-state index in [1.165, 1.54) is 5.69 Å². The van der Waals surface area contributed by atoms with Crippen molar-refractivity contribution in [3.8, 4) is 5.75 Å². The molecule has 0 heterocycles. The van der Waals surface area contributed by atoms with Gasteiger partial charge in [0, 0.05) is 36.5 Å². The summed E-state index contributed by atoms with van der Waals surface area (Å²) in [7, 11) is 4.07. The van der Waals surface area contributed by atoms with Crippen LogP contribution in [0.5, 0.6) is 5.75 Å². The Morgan fingerprint density at radius 1 is 1.10 bits per heavy atom. The third-order valence-corrected chi connectivity index (χ3v) is 3.40. The first-order chi connectivity index (χ1) is 9.65. The van der Waals surface area contributed by atoms with E-state index in [1.54, 1.807) is 0 Å². The molecule has 3 nitrogen and oxygen atoms in total. The fraction of sp³-hybridized carbons (Fsp3) is 0.250. The molecule has 0 atom stereocenters. The average Bonchev–Trinajstić information content (AvgIpc) is 2.46. The summed E-state index contributed by atoms with van der Waals surface area (Å²) in [6.45, 7) is 1.40. The van der Waals surface area contributed by atoms with Crippen LogP contribution in [0.2, 0.25) is 0 Å². The van der Waals surface area contributed by atoms with Crippen molar-refractivity contribution < 1.29 is 4.74 Å². The van der Waals surface area contributed by atoms with E-state index in [4.69, 9.17) is 4.74 Å². The van der Waals surface area contributed by atoms with Gasteiger partial charge >= 0.3 is 0 Å². The summed E-state index contributed by atoms with van der Waals surface area (Å²) in [6, 6.07) is 16.2. The van der Waals surface area contributed by atoms with Gasteiger partial charge in [0.25, 0.3) is 0 Å². The minimum atomic E-state index is 0.633. The summed E-state index contributed by atoms with van der Waals surface area (Å²) in [6.07, 6.45) is 0. The summed E-state index contributed by atoms with van der Waals surface area (Å²) in [5.41, 5.74) is 2.29. The Kier molecular flexibility index (Phi) is 5.30. The zero-order valence-electron chi connectivity index (χ0n) is 11.8. The lowest BCUT2D eigenvalue weighted by atomic mass is 10.2. The summed E-state index contributed by atoms with van der Waals surface area (Å²) in [4.78, 5) is 2.09. The molecule has 0 radical (unpaired) electrons. The van der Waals surface area contributed by atoms with Gasteiger partial charge in [0.1, 0.15) is 12.4 Å². The molecule has 0 aliphatic rings. The Balaban J connectivity index is 1.78. The maximum absolute atomic E-state index is 5.67.